The molecule has 1 saturated heterocycles. The lowest BCUT2D eigenvalue weighted by Crippen LogP contribution is -2.48. The maximum absolute atomic E-state index is 12.4. The van der Waals surface area contributed by atoms with Crippen LogP contribution in [0.2, 0.25) is 5.02 Å². The number of nitrogens with zero attached hydrogens (tertiary/aromatic N) is 1. The van der Waals surface area contributed by atoms with E-state index in [0.717, 1.165) is 38.0 Å². The Morgan fingerprint density at radius 3 is 2.60 bits per heavy atom. The van der Waals surface area contributed by atoms with Crippen LogP contribution in [0.1, 0.15) is 25.3 Å². The van der Waals surface area contributed by atoms with Gasteiger partial charge < -0.3 is 20.9 Å². The fraction of sp³-hybridized carbons (Fsp3) is 0.529. The molecule has 3 N–H and O–H groups in total. The number of carbonyl (C=O) groups excluding carboxylic acids is 2. The van der Waals surface area contributed by atoms with Crippen molar-refractivity contribution >= 4 is 35.9 Å². The van der Waals surface area contributed by atoms with E-state index in [2.05, 4.69) is 22.9 Å². The highest BCUT2D eigenvalue weighted by Crippen LogP contribution is 2.10. The highest BCUT2D eigenvalue weighted by atomic mass is 35.5. The Morgan fingerprint density at radius 1 is 1.28 bits per heavy atom. The van der Waals surface area contributed by atoms with Gasteiger partial charge in [-0.3, -0.25) is 4.79 Å². The molecule has 140 valence electrons. The van der Waals surface area contributed by atoms with E-state index in [0.29, 0.717) is 11.6 Å². The molecule has 25 heavy (non-hydrogen) atoms. The molecule has 2 rings (SSSR count). The maximum Gasteiger partial charge on any atom is 0.315 e. The van der Waals surface area contributed by atoms with Gasteiger partial charge in [-0.15, -0.1) is 12.4 Å². The number of amides is 3. The standard InChI is InChI=1S/C17H25ClN4O2.ClH/c1-2-9-22(15-7-8-19-11-15)16(23)12-21-17(24)20-10-13-3-5-14(18)6-4-13;/h3-6,15,19H,2,7-12H2,1H3,(H2,20,21,24);1H. The first kappa shape index (κ1) is 21.5. The molecule has 1 aliphatic heterocycles. The molecule has 1 aromatic rings. The molecule has 1 heterocycles. The molecule has 3 amide bonds. The monoisotopic (exact) mass is 388 g/mol. The molecule has 1 atom stereocenters. The fourth-order valence-electron chi connectivity index (χ4n) is 2.76. The Morgan fingerprint density at radius 2 is 2.00 bits per heavy atom. The molecule has 0 bridgehead atoms. The second kappa shape index (κ2) is 11.2. The second-order valence-corrected chi connectivity index (χ2v) is 6.33. The normalized spacial score (nSPS) is 16.0. The number of carbonyl (C=O) groups is 2. The van der Waals surface area contributed by atoms with Crippen LogP contribution in [0.15, 0.2) is 24.3 Å². The highest BCUT2D eigenvalue weighted by Gasteiger charge is 2.25. The first-order chi connectivity index (χ1) is 11.6. The van der Waals surface area contributed by atoms with Gasteiger partial charge in [0.2, 0.25) is 5.91 Å². The van der Waals surface area contributed by atoms with Gasteiger partial charge in [0, 0.05) is 30.7 Å². The van der Waals surface area contributed by atoms with Crippen LogP contribution in [-0.4, -0.2) is 49.1 Å². The largest absolute Gasteiger partial charge is 0.337 e. The molecule has 0 saturated carbocycles. The van der Waals surface area contributed by atoms with E-state index in [4.69, 9.17) is 11.6 Å². The van der Waals surface area contributed by atoms with Gasteiger partial charge >= 0.3 is 6.03 Å². The van der Waals surface area contributed by atoms with E-state index in [1.165, 1.54) is 0 Å². The molecule has 1 fully saturated rings. The Labute approximate surface area is 160 Å². The molecule has 1 unspecified atom stereocenters. The van der Waals surface area contributed by atoms with Gasteiger partial charge in [-0.1, -0.05) is 30.7 Å². The Hall–Kier alpha value is -1.50. The number of hydrogen-bond acceptors (Lipinski definition) is 3. The molecule has 0 radical (unpaired) electrons. The molecular formula is C17H26Cl2N4O2. The molecule has 6 nitrogen and oxygen atoms in total. The summed E-state index contributed by atoms with van der Waals surface area (Å²) in [5, 5.41) is 9.31. The predicted octanol–water partition coefficient (Wildman–Crippen LogP) is 2.16. The van der Waals surface area contributed by atoms with Crippen molar-refractivity contribution in [2.24, 2.45) is 0 Å². The van der Waals surface area contributed by atoms with E-state index >= 15 is 0 Å². The van der Waals surface area contributed by atoms with E-state index in [-0.39, 0.29) is 36.9 Å². The summed E-state index contributed by atoms with van der Waals surface area (Å²) >= 11 is 5.82. The zero-order valence-electron chi connectivity index (χ0n) is 14.4. The van der Waals surface area contributed by atoms with Crippen molar-refractivity contribution in [2.45, 2.75) is 32.4 Å². The van der Waals surface area contributed by atoms with Crippen LogP contribution >= 0.6 is 24.0 Å². The molecule has 0 aliphatic carbocycles. The third kappa shape index (κ3) is 7.10. The molecule has 0 aromatic heterocycles. The van der Waals surface area contributed by atoms with Crippen molar-refractivity contribution in [3.63, 3.8) is 0 Å². The van der Waals surface area contributed by atoms with Crippen LogP contribution in [0.3, 0.4) is 0 Å². The first-order valence-corrected chi connectivity index (χ1v) is 8.74. The number of hydrogen-bond donors (Lipinski definition) is 3. The van der Waals surface area contributed by atoms with Crippen molar-refractivity contribution in [1.82, 2.24) is 20.9 Å². The molecule has 0 spiro atoms. The summed E-state index contributed by atoms with van der Waals surface area (Å²) < 4.78 is 0. The minimum Gasteiger partial charge on any atom is -0.337 e. The van der Waals surface area contributed by atoms with Crippen molar-refractivity contribution in [3.8, 4) is 0 Å². The van der Waals surface area contributed by atoms with E-state index in [1.54, 1.807) is 12.1 Å². The number of rotatable bonds is 7. The molecule has 1 aromatic carbocycles. The van der Waals surface area contributed by atoms with Crippen molar-refractivity contribution in [2.75, 3.05) is 26.2 Å². The zero-order valence-corrected chi connectivity index (χ0v) is 16.0. The van der Waals surface area contributed by atoms with Crippen LogP contribution in [0.4, 0.5) is 4.79 Å². The predicted molar refractivity (Wildman–Crippen MR) is 102 cm³/mol. The molecular weight excluding hydrogens is 363 g/mol. The highest BCUT2D eigenvalue weighted by molar-refractivity contribution is 6.30. The van der Waals surface area contributed by atoms with Gasteiger partial charge in [-0.25, -0.2) is 4.79 Å². The lowest BCUT2D eigenvalue weighted by atomic mass is 10.2. The van der Waals surface area contributed by atoms with Crippen LogP contribution in [0.25, 0.3) is 0 Å². The van der Waals surface area contributed by atoms with Crippen molar-refractivity contribution in [1.29, 1.82) is 0 Å². The summed E-state index contributed by atoms with van der Waals surface area (Å²) in [5.74, 6) is -0.0350. The summed E-state index contributed by atoms with van der Waals surface area (Å²) in [4.78, 5) is 26.1. The third-order valence-corrected chi connectivity index (χ3v) is 4.28. The van der Waals surface area contributed by atoms with Crippen LogP contribution in [0.5, 0.6) is 0 Å². The summed E-state index contributed by atoms with van der Waals surface area (Å²) in [6.07, 6.45) is 1.87. The van der Waals surface area contributed by atoms with E-state index < -0.39 is 0 Å². The third-order valence-electron chi connectivity index (χ3n) is 4.03. The number of benzene rings is 1. The minimum atomic E-state index is -0.348. The van der Waals surface area contributed by atoms with Crippen molar-refractivity contribution < 1.29 is 9.59 Å². The number of urea groups is 1. The van der Waals surface area contributed by atoms with Gasteiger partial charge in [-0.2, -0.15) is 0 Å². The molecule has 1 aliphatic rings. The van der Waals surface area contributed by atoms with Gasteiger partial charge in [-0.05, 0) is 37.1 Å². The van der Waals surface area contributed by atoms with Crippen LogP contribution in [-0.2, 0) is 11.3 Å². The fourth-order valence-corrected chi connectivity index (χ4v) is 2.89. The second-order valence-electron chi connectivity index (χ2n) is 5.90. The summed E-state index contributed by atoms with van der Waals surface area (Å²) in [6, 6.07) is 7.14. The van der Waals surface area contributed by atoms with E-state index in [9.17, 15) is 9.59 Å². The quantitative estimate of drug-likeness (QED) is 0.669. The summed E-state index contributed by atoms with van der Waals surface area (Å²) in [7, 11) is 0. The smallest absolute Gasteiger partial charge is 0.315 e. The van der Waals surface area contributed by atoms with Gasteiger partial charge in [0.25, 0.3) is 0 Å². The molecule has 8 heteroatoms. The number of nitrogens with one attached hydrogen (secondary N) is 3. The average Bonchev–Trinajstić information content (AvgIpc) is 3.11. The summed E-state index contributed by atoms with van der Waals surface area (Å²) in [6.45, 7) is 4.95. The Kier molecular flexibility index (Phi) is 9.63. The van der Waals surface area contributed by atoms with Gasteiger partial charge in [0.05, 0.1) is 6.54 Å². The first-order valence-electron chi connectivity index (χ1n) is 8.36. The van der Waals surface area contributed by atoms with E-state index in [1.807, 2.05) is 17.0 Å². The maximum atomic E-state index is 12.4. The van der Waals surface area contributed by atoms with Gasteiger partial charge in [0.1, 0.15) is 0 Å². The topological polar surface area (TPSA) is 73.5 Å². The van der Waals surface area contributed by atoms with Gasteiger partial charge in [0.15, 0.2) is 0 Å². The lowest BCUT2D eigenvalue weighted by molar-refractivity contribution is -0.132. The SMILES string of the molecule is CCCN(C(=O)CNC(=O)NCc1ccc(Cl)cc1)C1CCNC1.Cl. The Bertz CT molecular complexity index is 548. The van der Waals surface area contributed by atoms with Crippen molar-refractivity contribution in [3.05, 3.63) is 34.9 Å². The minimum absolute atomic E-state index is 0. The Balaban J connectivity index is 0.00000312. The summed E-state index contributed by atoms with van der Waals surface area (Å²) in [5.41, 5.74) is 0.950. The average molecular weight is 389 g/mol. The van der Waals surface area contributed by atoms with Crippen LogP contribution in [0, 0.1) is 0 Å². The zero-order chi connectivity index (χ0) is 17.4. The van der Waals surface area contributed by atoms with Crippen LogP contribution < -0.4 is 16.0 Å². The number of halogens is 2. The lowest BCUT2D eigenvalue weighted by Gasteiger charge is -2.28.